The molecular weight excluding hydrogens is 158 g/mol. The van der Waals surface area contributed by atoms with Crippen LogP contribution in [-0.2, 0) is 0 Å². The van der Waals surface area contributed by atoms with Crippen molar-refractivity contribution in [1.82, 2.24) is 0 Å². The molecule has 0 radical (unpaired) electrons. The van der Waals surface area contributed by atoms with Crippen LogP contribution in [0.1, 0.15) is 19.3 Å². The zero-order valence-electron chi connectivity index (χ0n) is 6.45. The van der Waals surface area contributed by atoms with Gasteiger partial charge in [-0.3, -0.25) is 0 Å². The zero-order chi connectivity index (χ0) is 7.23. The first-order valence-corrected chi connectivity index (χ1v) is 6.80. The Morgan fingerprint density at radius 3 is 3.00 bits per heavy atom. The van der Waals surface area contributed by atoms with Crippen molar-refractivity contribution in [1.29, 1.82) is 0 Å². The molecule has 10 heavy (non-hydrogen) atoms. The highest BCUT2D eigenvalue weighted by Crippen LogP contribution is 2.29. The molecule has 0 aromatic rings. The molecule has 0 bridgehead atoms. The molecule has 0 spiro atoms. The Bertz CT molecular complexity index is 97.8. The lowest BCUT2D eigenvalue weighted by atomic mass is 10.1. The third kappa shape index (κ3) is 3.69. The summed E-state index contributed by atoms with van der Waals surface area (Å²) in [6.45, 7) is 4.07. The topological polar surface area (TPSA) is 0 Å². The van der Waals surface area contributed by atoms with Crippen molar-refractivity contribution in [3.63, 3.8) is 0 Å². The van der Waals surface area contributed by atoms with E-state index in [1.807, 2.05) is 0 Å². The summed E-state index contributed by atoms with van der Waals surface area (Å²) in [6, 6.07) is 0. The molecule has 58 valence electrons. The third-order valence-electron chi connectivity index (χ3n) is 1.76. The Labute approximate surface area is 67.4 Å². The SMILES string of the molecule is C=C1CCCCPCPC1. The molecule has 2 atom stereocenters. The van der Waals surface area contributed by atoms with Crippen LogP contribution < -0.4 is 0 Å². The fourth-order valence-corrected chi connectivity index (χ4v) is 4.07. The average Bonchev–Trinajstić information content (AvgIpc) is 2.02. The molecule has 0 amide bonds. The van der Waals surface area contributed by atoms with E-state index in [0.717, 1.165) is 0 Å². The number of hydrogen-bond acceptors (Lipinski definition) is 0. The highest BCUT2D eigenvalue weighted by Gasteiger charge is 1.98. The average molecular weight is 174 g/mol. The van der Waals surface area contributed by atoms with Crippen molar-refractivity contribution in [3.05, 3.63) is 12.2 Å². The molecule has 0 aromatic carbocycles. The third-order valence-corrected chi connectivity index (χ3v) is 5.22. The van der Waals surface area contributed by atoms with Gasteiger partial charge in [0, 0.05) is 0 Å². The summed E-state index contributed by atoms with van der Waals surface area (Å²) in [4.78, 5) is 0. The molecule has 0 N–H and O–H groups in total. The van der Waals surface area contributed by atoms with E-state index in [-0.39, 0.29) is 0 Å². The van der Waals surface area contributed by atoms with Gasteiger partial charge in [-0.15, -0.1) is 17.2 Å². The standard InChI is InChI=1S/C8H16P2/c1-8-4-2-3-5-9-7-10-6-8/h9-10H,1-7H2. The predicted molar refractivity (Wildman–Crippen MR) is 54.2 cm³/mol. The van der Waals surface area contributed by atoms with Crippen molar-refractivity contribution >= 4 is 17.2 Å². The van der Waals surface area contributed by atoms with Gasteiger partial charge in [-0.2, -0.15) is 0 Å². The van der Waals surface area contributed by atoms with Crippen LogP contribution in [0, 0.1) is 0 Å². The highest BCUT2D eigenvalue weighted by molar-refractivity contribution is 7.56. The molecule has 0 saturated carbocycles. The second kappa shape index (κ2) is 5.28. The van der Waals surface area contributed by atoms with E-state index in [4.69, 9.17) is 0 Å². The summed E-state index contributed by atoms with van der Waals surface area (Å²) in [6.07, 6.45) is 6.96. The van der Waals surface area contributed by atoms with Crippen LogP contribution in [0.15, 0.2) is 12.2 Å². The van der Waals surface area contributed by atoms with E-state index in [1.165, 1.54) is 60.2 Å². The molecule has 1 rings (SSSR count). The first-order valence-electron chi connectivity index (χ1n) is 3.97. The van der Waals surface area contributed by atoms with Crippen LogP contribution in [0.4, 0.5) is 0 Å². The molecule has 1 aliphatic heterocycles. The van der Waals surface area contributed by atoms with Crippen molar-refractivity contribution in [2.75, 3.05) is 18.2 Å². The summed E-state index contributed by atoms with van der Waals surface area (Å²) in [5.41, 5.74) is 1.50. The second-order valence-corrected chi connectivity index (χ2v) is 6.08. The molecule has 1 saturated heterocycles. The second-order valence-electron chi connectivity index (χ2n) is 2.81. The first kappa shape index (κ1) is 8.69. The van der Waals surface area contributed by atoms with Gasteiger partial charge in [0.2, 0.25) is 0 Å². The smallest absolute Gasteiger partial charge is 0.0142 e. The van der Waals surface area contributed by atoms with Crippen LogP contribution in [-0.4, -0.2) is 18.2 Å². The zero-order valence-corrected chi connectivity index (χ0v) is 8.45. The van der Waals surface area contributed by atoms with Crippen molar-refractivity contribution in [2.24, 2.45) is 0 Å². The fraction of sp³-hybridized carbons (Fsp3) is 0.750. The fourth-order valence-electron chi connectivity index (χ4n) is 1.13. The Hall–Kier alpha value is 0.600. The lowest BCUT2D eigenvalue weighted by Crippen LogP contribution is -1.83. The maximum Gasteiger partial charge on any atom is -0.0142 e. The van der Waals surface area contributed by atoms with Gasteiger partial charge in [0.15, 0.2) is 0 Å². The highest BCUT2D eigenvalue weighted by atomic mass is 31.1. The van der Waals surface area contributed by atoms with Gasteiger partial charge in [0.1, 0.15) is 0 Å². The number of allylic oxidation sites excluding steroid dienone is 1. The van der Waals surface area contributed by atoms with Gasteiger partial charge in [-0.25, -0.2) is 0 Å². The van der Waals surface area contributed by atoms with Crippen LogP contribution >= 0.6 is 17.2 Å². The van der Waals surface area contributed by atoms with Crippen LogP contribution in [0.3, 0.4) is 0 Å². The van der Waals surface area contributed by atoms with Gasteiger partial charge in [0.05, 0.1) is 0 Å². The minimum Gasteiger partial charge on any atom is -0.118 e. The molecule has 0 aliphatic carbocycles. The van der Waals surface area contributed by atoms with E-state index in [1.54, 1.807) is 0 Å². The van der Waals surface area contributed by atoms with E-state index >= 15 is 0 Å². The van der Waals surface area contributed by atoms with Crippen LogP contribution in [0.5, 0.6) is 0 Å². The maximum atomic E-state index is 4.07. The lowest BCUT2D eigenvalue weighted by molar-refractivity contribution is 0.798. The molecule has 1 aliphatic rings. The molecule has 0 nitrogen and oxygen atoms in total. The van der Waals surface area contributed by atoms with E-state index in [9.17, 15) is 0 Å². The van der Waals surface area contributed by atoms with Crippen molar-refractivity contribution < 1.29 is 0 Å². The normalized spacial score (nSPS) is 27.8. The van der Waals surface area contributed by atoms with E-state index in [2.05, 4.69) is 6.58 Å². The molecule has 2 heteroatoms. The van der Waals surface area contributed by atoms with Gasteiger partial charge in [0.25, 0.3) is 0 Å². The Morgan fingerprint density at radius 1 is 1.20 bits per heavy atom. The van der Waals surface area contributed by atoms with Gasteiger partial charge in [-0.05, 0) is 37.5 Å². The Morgan fingerprint density at radius 2 is 2.10 bits per heavy atom. The van der Waals surface area contributed by atoms with Gasteiger partial charge < -0.3 is 0 Å². The Kier molecular flexibility index (Phi) is 4.59. The van der Waals surface area contributed by atoms with Crippen molar-refractivity contribution in [3.8, 4) is 0 Å². The summed E-state index contributed by atoms with van der Waals surface area (Å²) >= 11 is 0. The minimum atomic E-state index is 1.18. The summed E-state index contributed by atoms with van der Waals surface area (Å²) in [5.74, 6) is 1.49. The molecule has 1 heterocycles. The minimum absolute atomic E-state index is 1.18. The number of rotatable bonds is 0. The molecule has 2 unspecified atom stereocenters. The summed E-state index contributed by atoms with van der Waals surface area (Å²) in [7, 11) is 2.43. The monoisotopic (exact) mass is 174 g/mol. The quantitative estimate of drug-likeness (QED) is 0.391. The van der Waals surface area contributed by atoms with Crippen molar-refractivity contribution in [2.45, 2.75) is 19.3 Å². The van der Waals surface area contributed by atoms with E-state index < -0.39 is 0 Å². The lowest BCUT2D eigenvalue weighted by Gasteiger charge is -2.00. The summed E-state index contributed by atoms with van der Waals surface area (Å²) < 4.78 is 0. The van der Waals surface area contributed by atoms with E-state index in [0.29, 0.717) is 0 Å². The summed E-state index contributed by atoms with van der Waals surface area (Å²) in [5, 5.41) is 0. The van der Waals surface area contributed by atoms with Gasteiger partial charge in [-0.1, -0.05) is 12.2 Å². The predicted octanol–water partition coefficient (Wildman–Crippen LogP) is 3.04. The van der Waals surface area contributed by atoms with Crippen LogP contribution in [0.2, 0.25) is 0 Å². The Balaban J connectivity index is 2.21. The maximum absolute atomic E-state index is 4.07. The largest absolute Gasteiger partial charge is 0.118 e. The first-order chi connectivity index (χ1) is 4.89. The number of hydrogen-bond donors (Lipinski definition) is 0. The molecule has 1 fully saturated rings. The van der Waals surface area contributed by atoms with Gasteiger partial charge >= 0.3 is 0 Å². The molecular formula is C8H16P2. The van der Waals surface area contributed by atoms with Crippen LogP contribution in [0.25, 0.3) is 0 Å². The molecule has 0 aromatic heterocycles.